The number of nitrogens with one attached hydrogen (secondary N) is 2. The van der Waals surface area contributed by atoms with Crippen LogP contribution in [-0.2, 0) is 10.0 Å². The Balaban J connectivity index is 2.18. The standard InChI is InChI=1S/C12H27N3O2S/c1-3-15(2)10-9-14-18(16,17)11-6-12-4-7-13-8-5-12/h12-14H,3-11H2,1-2H3. The summed E-state index contributed by atoms with van der Waals surface area (Å²) in [5, 5.41) is 3.29. The Kier molecular flexibility index (Phi) is 7.14. The molecule has 1 rings (SSSR count). The van der Waals surface area contributed by atoms with Gasteiger partial charge in [0.2, 0.25) is 10.0 Å². The third-order valence-electron chi connectivity index (χ3n) is 3.61. The van der Waals surface area contributed by atoms with E-state index >= 15 is 0 Å². The number of nitrogens with zero attached hydrogens (tertiary/aromatic N) is 1. The molecule has 1 fully saturated rings. The summed E-state index contributed by atoms with van der Waals surface area (Å²) in [4.78, 5) is 2.09. The van der Waals surface area contributed by atoms with Gasteiger partial charge in [-0.2, -0.15) is 0 Å². The lowest BCUT2D eigenvalue weighted by Crippen LogP contribution is -2.35. The first kappa shape index (κ1) is 15.9. The minimum atomic E-state index is -3.08. The van der Waals surface area contributed by atoms with Crippen LogP contribution in [0.15, 0.2) is 0 Å². The minimum Gasteiger partial charge on any atom is -0.317 e. The SMILES string of the molecule is CCN(C)CCNS(=O)(=O)CCC1CCNCC1. The molecule has 1 aliphatic rings. The van der Waals surface area contributed by atoms with Crippen molar-refractivity contribution >= 4 is 10.0 Å². The highest BCUT2D eigenvalue weighted by Gasteiger charge is 2.17. The third kappa shape index (κ3) is 6.68. The highest BCUT2D eigenvalue weighted by molar-refractivity contribution is 7.89. The summed E-state index contributed by atoms with van der Waals surface area (Å²) >= 11 is 0. The van der Waals surface area contributed by atoms with Crippen molar-refractivity contribution in [2.45, 2.75) is 26.2 Å². The Morgan fingerprint density at radius 2 is 2.00 bits per heavy atom. The van der Waals surface area contributed by atoms with Gasteiger partial charge in [-0.15, -0.1) is 0 Å². The van der Waals surface area contributed by atoms with Gasteiger partial charge in [0.05, 0.1) is 5.75 Å². The van der Waals surface area contributed by atoms with E-state index in [2.05, 4.69) is 21.9 Å². The van der Waals surface area contributed by atoms with Gasteiger partial charge in [-0.3, -0.25) is 0 Å². The molecule has 5 nitrogen and oxygen atoms in total. The fourth-order valence-electron chi connectivity index (χ4n) is 2.11. The molecule has 1 heterocycles. The predicted octanol–water partition coefficient (Wildman–Crippen LogP) is 0.247. The fraction of sp³-hybridized carbons (Fsp3) is 1.00. The summed E-state index contributed by atoms with van der Waals surface area (Å²) in [5.41, 5.74) is 0. The average molecular weight is 277 g/mol. The molecule has 0 aliphatic carbocycles. The van der Waals surface area contributed by atoms with E-state index in [0.717, 1.165) is 45.4 Å². The first-order chi connectivity index (χ1) is 8.53. The molecule has 2 N–H and O–H groups in total. The monoisotopic (exact) mass is 277 g/mol. The number of likely N-dealkylation sites (N-methyl/N-ethyl adjacent to an activating group) is 1. The zero-order valence-corrected chi connectivity index (χ0v) is 12.4. The van der Waals surface area contributed by atoms with Crippen molar-refractivity contribution in [1.29, 1.82) is 0 Å². The number of rotatable bonds is 8. The molecule has 1 aliphatic heterocycles. The smallest absolute Gasteiger partial charge is 0.211 e. The van der Waals surface area contributed by atoms with Crippen molar-refractivity contribution < 1.29 is 8.42 Å². The Bertz CT molecular complexity index is 313. The van der Waals surface area contributed by atoms with Gasteiger partial charge in [0.1, 0.15) is 0 Å². The molecule has 0 aromatic rings. The highest BCUT2D eigenvalue weighted by Crippen LogP contribution is 2.16. The van der Waals surface area contributed by atoms with E-state index in [-0.39, 0.29) is 5.75 Å². The van der Waals surface area contributed by atoms with Gasteiger partial charge in [-0.05, 0) is 51.9 Å². The highest BCUT2D eigenvalue weighted by atomic mass is 32.2. The van der Waals surface area contributed by atoms with E-state index < -0.39 is 10.0 Å². The molecule has 108 valence electrons. The molecule has 0 saturated carbocycles. The summed E-state index contributed by atoms with van der Waals surface area (Å²) < 4.78 is 26.3. The van der Waals surface area contributed by atoms with Crippen LogP contribution in [0.1, 0.15) is 26.2 Å². The van der Waals surface area contributed by atoms with Crippen LogP contribution in [0.4, 0.5) is 0 Å². The summed E-state index contributed by atoms with van der Waals surface area (Å²) in [7, 11) is -1.09. The van der Waals surface area contributed by atoms with Crippen LogP contribution >= 0.6 is 0 Å². The van der Waals surface area contributed by atoms with Crippen LogP contribution in [0.3, 0.4) is 0 Å². The Morgan fingerprint density at radius 3 is 2.61 bits per heavy atom. The molecule has 0 aromatic heterocycles. The van der Waals surface area contributed by atoms with Crippen LogP contribution in [0, 0.1) is 5.92 Å². The topological polar surface area (TPSA) is 61.4 Å². The van der Waals surface area contributed by atoms with Gasteiger partial charge < -0.3 is 10.2 Å². The van der Waals surface area contributed by atoms with Crippen LogP contribution in [0.25, 0.3) is 0 Å². The second kappa shape index (κ2) is 8.09. The van der Waals surface area contributed by atoms with Crippen molar-refractivity contribution in [1.82, 2.24) is 14.9 Å². The molecular formula is C12H27N3O2S. The second-order valence-electron chi connectivity index (χ2n) is 5.09. The average Bonchev–Trinajstić information content (AvgIpc) is 2.37. The molecular weight excluding hydrogens is 250 g/mol. The Morgan fingerprint density at radius 1 is 1.33 bits per heavy atom. The molecule has 18 heavy (non-hydrogen) atoms. The van der Waals surface area contributed by atoms with Crippen molar-refractivity contribution in [3.05, 3.63) is 0 Å². The lowest BCUT2D eigenvalue weighted by Gasteiger charge is -2.22. The Labute approximate surface area is 111 Å². The zero-order valence-electron chi connectivity index (χ0n) is 11.6. The van der Waals surface area contributed by atoms with Gasteiger partial charge in [0.25, 0.3) is 0 Å². The normalized spacial score (nSPS) is 18.4. The lowest BCUT2D eigenvalue weighted by molar-refractivity contribution is 0.356. The maximum Gasteiger partial charge on any atom is 0.211 e. The van der Waals surface area contributed by atoms with Gasteiger partial charge >= 0.3 is 0 Å². The first-order valence-electron chi connectivity index (χ1n) is 6.90. The summed E-state index contributed by atoms with van der Waals surface area (Å²) in [6, 6.07) is 0. The molecule has 0 unspecified atom stereocenters. The van der Waals surface area contributed by atoms with Crippen molar-refractivity contribution in [3.8, 4) is 0 Å². The van der Waals surface area contributed by atoms with Crippen molar-refractivity contribution in [2.75, 3.05) is 45.5 Å². The van der Waals surface area contributed by atoms with Crippen molar-refractivity contribution in [2.24, 2.45) is 5.92 Å². The van der Waals surface area contributed by atoms with E-state index in [1.807, 2.05) is 7.05 Å². The Hall–Kier alpha value is -0.170. The van der Waals surface area contributed by atoms with Crippen LogP contribution < -0.4 is 10.0 Å². The largest absolute Gasteiger partial charge is 0.317 e. The number of hydrogen-bond acceptors (Lipinski definition) is 4. The molecule has 0 amide bonds. The molecule has 0 radical (unpaired) electrons. The molecule has 0 spiro atoms. The van der Waals surface area contributed by atoms with E-state index in [0.29, 0.717) is 12.5 Å². The zero-order chi connectivity index (χ0) is 13.4. The van der Waals surface area contributed by atoms with Gasteiger partial charge in [-0.25, -0.2) is 13.1 Å². The fourth-order valence-corrected chi connectivity index (χ4v) is 3.30. The summed E-state index contributed by atoms with van der Waals surface area (Å²) in [6.07, 6.45) is 3.00. The van der Waals surface area contributed by atoms with Crippen molar-refractivity contribution in [3.63, 3.8) is 0 Å². The van der Waals surface area contributed by atoms with Gasteiger partial charge in [0, 0.05) is 13.1 Å². The van der Waals surface area contributed by atoms with E-state index in [1.54, 1.807) is 0 Å². The molecule has 0 bridgehead atoms. The van der Waals surface area contributed by atoms with Gasteiger partial charge in [0.15, 0.2) is 0 Å². The quantitative estimate of drug-likeness (QED) is 0.667. The predicted molar refractivity (Wildman–Crippen MR) is 75.2 cm³/mol. The van der Waals surface area contributed by atoms with Crippen LogP contribution in [-0.4, -0.2) is 58.8 Å². The molecule has 0 atom stereocenters. The van der Waals surface area contributed by atoms with E-state index in [9.17, 15) is 8.42 Å². The maximum absolute atomic E-state index is 11.8. The first-order valence-corrected chi connectivity index (χ1v) is 8.55. The van der Waals surface area contributed by atoms with E-state index in [1.165, 1.54) is 0 Å². The third-order valence-corrected chi connectivity index (χ3v) is 5.03. The molecule has 0 aromatic carbocycles. The number of piperidine rings is 1. The van der Waals surface area contributed by atoms with Crippen LogP contribution in [0.2, 0.25) is 0 Å². The summed E-state index contributed by atoms with van der Waals surface area (Å²) in [6.45, 7) is 6.34. The summed E-state index contributed by atoms with van der Waals surface area (Å²) in [5.74, 6) is 0.842. The molecule has 1 saturated heterocycles. The van der Waals surface area contributed by atoms with Gasteiger partial charge in [-0.1, -0.05) is 6.92 Å². The second-order valence-corrected chi connectivity index (χ2v) is 7.02. The van der Waals surface area contributed by atoms with E-state index in [4.69, 9.17) is 0 Å². The van der Waals surface area contributed by atoms with Crippen LogP contribution in [0.5, 0.6) is 0 Å². The maximum atomic E-state index is 11.8. The molecule has 6 heteroatoms. The lowest BCUT2D eigenvalue weighted by atomic mass is 9.96. The number of hydrogen-bond donors (Lipinski definition) is 2. The minimum absolute atomic E-state index is 0.271. The number of sulfonamides is 1.